The Morgan fingerprint density at radius 2 is 1.93 bits per heavy atom. The Morgan fingerprint density at radius 1 is 1.12 bits per heavy atom. The van der Waals surface area contributed by atoms with Crippen LogP contribution in [-0.4, -0.2) is 44.1 Å². The van der Waals surface area contributed by atoms with Crippen molar-refractivity contribution in [2.24, 2.45) is 7.05 Å². The van der Waals surface area contributed by atoms with Gasteiger partial charge in [0.1, 0.15) is 30.5 Å². The third kappa shape index (κ3) is 5.36. The molecule has 0 unspecified atom stereocenters. The second kappa shape index (κ2) is 10.8. The van der Waals surface area contributed by atoms with Gasteiger partial charge in [0.05, 0.1) is 16.9 Å². The van der Waals surface area contributed by atoms with Crippen molar-refractivity contribution in [2.75, 3.05) is 11.9 Å². The first kappa shape index (κ1) is 26.8. The number of fused-ring (bicyclic) bond motifs is 3. The molecule has 1 aromatic heterocycles. The van der Waals surface area contributed by atoms with Crippen LogP contribution in [-0.2, 0) is 25.0 Å². The van der Waals surface area contributed by atoms with E-state index in [1.165, 1.54) is 22.9 Å². The van der Waals surface area contributed by atoms with Gasteiger partial charge in [-0.25, -0.2) is 13.6 Å². The fraction of sp³-hybridized carbons (Fsp3) is 0.143. The van der Waals surface area contributed by atoms with Gasteiger partial charge in [-0.1, -0.05) is 23.7 Å². The summed E-state index contributed by atoms with van der Waals surface area (Å²) in [7, 11) is 1.66. The zero-order valence-corrected chi connectivity index (χ0v) is 21.7. The number of carbonyl (C=O) groups is 3. The van der Waals surface area contributed by atoms with Gasteiger partial charge in [0.25, 0.3) is 5.91 Å². The molecule has 0 saturated heterocycles. The number of amides is 2. The smallest absolute Gasteiger partial charge is 0.335 e. The molecule has 204 valence electrons. The van der Waals surface area contributed by atoms with E-state index in [1.54, 1.807) is 31.3 Å². The molecule has 40 heavy (non-hydrogen) atoms. The van der Waals surface area contributed by atoms with Gasteiger partial charge in [0, 0.05) is 29.7 Å². The number of aromatic carboxylic acids is 1. The number of rotatable bonds is 7. The largest absolute Gasteiger partial charge is 0.488 e. The summed E-state index contributed by atoms with van der Waals surface area (Å²) in [6.45, 7) is -0.705. The molecule has 4 aromatic rings. The molecule has 2 amide bonds. The van der Waals surface area contributed by atoms with E-state index in [-0.39, 0.29) is 30.1 Å². The number of nitrogens with one attached hydrogen (secondary N) is 1. The Kier molecular flexibility index (Phi) is 7.22. The minimum atomic E-state index is -1.30. The van der Waals surface area contributed by atoms with E-state index >= 15 is 0 Å². The predicted molar refractivity (Wildman–Crippen MR) is 141 cm³/mol. The van der Waals surface area contributed by atoms with Gasteiger partial charge in [-0.15, -0.1) is 0 Å². The lowest BCUT2D eigenvalue weighted by Crippen LogP contribution is -2.38. The highest BCUT2D eigenvalue weighted by atomic mass is 35.5. The molecular weight excluding hydrogens is 546 g/mol. The molecule has 0 spiro atoms. The summed E-state index contributed by atoms with van der Waals surface area (Å²) in [4.78, 5) is 39.2. The zero-order valence-electron chi connectivity index (χ0n) is 21.0. The van der Waals surface area contributed by atoms with Gasteiger partial charge in [-0.05, 0) is 54.1 Å². The van der Waals surface area contributed by atoms with Crippen molar-refractivity contribution in [3.63, 3.8) is 0 Å². The highest BCUT2D eigenvalue weighted by Crippen LogP contribution is 2.40. The number of carbonyl (C=O) groups excluding carboxylic acids is 2. The van der Waals surface area contributed by atoms with E-state index in [1.807, 2.05) is 0 Å². The molecule has 0 bridgehead atoms. The standard InChI is InChI=1S/C28H21ClF2N4O5/c1-34-26-19-11-17(29)6-8-23(19)40-14-20(26)25(33-34)27(37)35(12-15-3-2-4-18(30)9-15)13-24(36)32-22-10-16(28(38)39)5-7-21(22)31/h2-11H,12-14H2,1H3,(H,32,36)(H,38,39). The number of benzene rings is 3. The highest BCUT2D eigenvalue weighted by Gasteiger charge is 2.32. The molecular formula is C28H21ClF2N4O5. The lowest BCUT2D eigenvalue weighted by atomic mass is 10.0. The van der Waals surface area contributed by atoms with Crippen LogP contribution in [0.15, 0.2) is 60.7 Å². The maximum absolute atomic E-state index is 14.3. The van der Waals surface area contributed by atoms with E-state index in [9.17, 15) is 28.3 Å². The second-order valence-electron chi connectivity index (χ2n) is 9.07. The SMILES string of the molecule is Cn1nc(C(=O)N(CC(=O)Nc2cc(C(=O)O)ccc2F)Cc2cccc(F)c2)c2c1-c1cc(Cl)ccc1OC2. The Morgan fingerprint density at radius 3 is 2.67 bits per heavy atom. The average molecular weight is 567 g/mol. The van der Waals surface area contributed by atoms with Crippen LogP contribution >= 0.6 is 11.6 Å². The monoisotopic (exact) mass is 566 g/mol. The number of carboxylic acids is 1. The van der Waals surface area contributed by atoms with E-state index in [0.29, 0.717) is 33.2 Å². The third-order valence-corrected chi connectivity index (χ3v) is 6.52. The molecule has 9 nitrogen and oxygen atoms in total. The maximum Gasteiger partial charge on any atom is 0.335 e. The molecule has 3 aromatic carbocycles. The molecule has 5 rings (SSSR count). The summed E-state index contributed by atoms with van der Waals surface area (Å²) in [5, 5.41) is 16.4. The van der Waals surface area contributed by atoms with Gasteiger partial charge in [-0.2, -0.15) is 5.10 Å². The molecule has 0 atom stereocenters. The Balaban J connectivity index is 1.48. The van der Waals surface area contributed by atoms with Crippen LogP contribution in [0.25, 0.3) is 11.3 Å². The van der Waals surface area contributed by atoms with Gasteiger partial charge >= 0.3 is 5.97 Å². The molecule has 0 fully saturated rings. The number of hydrogen-bond donors (Lipinski definition) is 2. The van der Waals surface area contributed by atoms with Crippen molar-refractivity contribution >= 4 is 35.1 Å². The number of halogens is 3. The number of ether oxygens (including phenoxy) is 1. The molecule has 0 radical (unpaired) electrons. The fourth-order valence-corrected chi connectivity index (χ4v) is 4.67. The molecule has 0 saturated carbocycles. The number of aromatic nitrogens is 2. The summed E-state index contributed by atoms with van der Waals surface area (Å²) in [6, 6.07) is 13.6. The number of hydrogen-bond acceptors (Lipinski definition) is 5. The first-order chi connectivity index (χ1) is 19.1. The number of aryl methyl sites for hydroxylation is 1. The highest BCUT2D eigenvalue weighted by molar-refractivity contribution is 6.31. The number of nitrogens with zero attached hydrogens (tertiary/aromatic N) is 3. The van der Waals surface area contributed by atoms with Crippen molar-refractivity contribution in [2.45, 2.75) is 13.2 Å². The zero-order chi connectivity index (χ0) is 28.6. The number of anilines is 1. The Hall–Kier alpha value is -4.77. The van der Waals surface area contributed by atoms with Gasteiger partial charge < -0.3 is 20.1 Å². The Bertz CT molecular complexity index is 1670. The van der Waals surface area contributed by atoms with Gasteiger partial charge in [0.15, 0.2) is 5.69 Å². The van der Waals surface area contributed by atoms with Crippen LogP contribution in [0.1, 0.15) is 32.0 Å². The van der Waals surface area contributed by atoms with Crippen molar-refractivity contribution in [1.29, 1.82) is 0 Å². The molecule has 0 aliphatic carbocycles. The van der Waals surface area contributed by atoms with Crippen LogP contribution in [0, 0.1) is 11.6 Å². The van der Waals surface area contributed by atoms with E-state index in [4.69, 9.17) is 16.3 Å². The van der Waals surface area contributed by atoms with E-state index < -0.39 is 36.0 Å². The molecule has 1 aliphatic rings. The van der Waals surface area contributed by atoms with Crippen molar-refractivity contribution in [3.05, 3.63) is 99.7 Å². The van der Waals surface area contributed by atoms with Crippen molar-refractivity contribution < 1.29 is 33.0 Å². The van der Waals surface area contributed by atoms with Gasteiger partial charge in [-0.3, -0.25) is 14.3 Å². The van der Waals surface area contributed by atoms with Crippen LogP contribution in [0.3, 0.4) is 0 Å². The van der Waals surface area contributed by atoms with Crippen LogP contribution in [0.4, 0.5) is 14.5 Å². The fourth-order valence-electron chi connectivity index (χ4n) is 4.50. The molecule has 12 heteroatoms. The first-order valence-corrected chi connectivity index (χ1v) is 12.3. The quantitative estimate of drug-likeness (QED) is 0.329. The summed E-state index contributed by atoms with van der Waals surface area (Å²) in [5.74, 6) is -3.56. The van der Waals surface area contributed by atoms with E-state index in [2.05, 4.69) is 10.4 Å². The third-order valence-electron chi connectivity index (χ3n) is 6.29. The van der Waals surface area contributed by atoms with E-state index in [0.717, 1.165) is 23.1 Å². The minimum Gasteiger partial charge on any atom is -0.488 e. The summed E-state index contributed by atoms with van der Waals surface area (Å²) < 4.78 is 35.6. The molecule has 1 aliphatic heterocycles. The molecule has 2 heterocycles. The number of carboxylic acid groups (broad SMARTS) is 1. The lowest BCUT2D eigenvalue weighted by molar-refractivity contribution is -0.117. The topological polar surface area (TPSA) is 114 Å². The van der Waals surface area contributed by atoms with Gasteiger partial charge in [0.2, 0.25) is 5.91 Å². The first-order valence-electron chi connectivity index (χ1n) is 12.0. The van der Waals surface area contributed by atoms with Crippen LogP contribution < -0.4 is 10.1 Å². The average Bonchev–Trinajstić information content (AvgIpc) is 3.25. The summed E-state index contributed by atoms with van der Waals surface area (Å²) in [6.07, 6.45) is 0. The summed E-state index contributed by atoms with van der Waals surface area (Å²) in [5.41, 5.74) is 1.57. The van der Waals surface area contributed by atoms with Crippen LogP contribution in [0.2, 0.25) is 5.02 Å². The molecule has 2 N–H and O–H groups in total. The normalized spacial score (nSPS) is 11.7. The maximum atomic E-state index is 14.3. The van der Waals surface area contributed by atoms with Crippen LogP contribution in [0.5, 0.6) is 5.75 Å². The van der Waals surface area contributed by atoms with Crippen molar-refractivity contribution in [3.8, 4) is 17.0 Å². The minimum absolute atomic E-state index is 0.0198. The Labute approximate surface area is 231 Å². The van der Waals surface area contributed by atoms with Crippen molar-refractivity contribution in [1.82, 2.24) is 14.7 Å². The lowest BCUT2D eigenvalue weighted by Gasteiger charge is -2.23. The predicted octanol–water partition coefficient (Wildman–Crippen LogP) is 4.89. The summed E-state index contributed by atoms with van der Waals surface area (Å²) >= 11 is 6.19. The second-order valence-corrected chi connectivity index (χ2v) is 9.50.